The first-order valence-electron chi connectivity index (χ1n) is 30.8. The van der Waals surface area contributed by atoms with Gasteiger partial charge in [0.2, 0.25) is 0 Å². The lowest BCUT2D eigenvalue weighted by Crippen LogP contribution is -2.03. The molecule has 0 aromatic heterocycles. The van der Waals surface area contributed by atoms with Crippen LogP contribution >= 0.6 is 0 Å². The van der Waals surface area contributed by atoms with E-state index in [-0.39, 0.29) is 0 Å². The first-order valence-corrected chi connectivity index (χ1v) is 30.8. The fraction of sp³-hybridized carbons (Fsp3) is 0.906. The lowest BCUT2D eigenvalue weighted by Gasteiger charge is -2.17. The van der Waals surface area contributed by atoms with E-state index in [1.165, 1.54) is 352 Å². The Hall–Kier alpha value is -0.780. The Morgan fingerprint density at radius 1 is 0.203 bits per heavy atom. The summed E-state index contributed by atoms with van der Waals surface area (Å²) < 4.78 is 0. The molecule has 0 heteroatoms. The average Bonchev–Trinajstić information content (AvgIpc) is 3.30. The predicted molar refractivity (Wildman–Crippen MR) is 295 cm³/mol. The maximum atomic E-state index is 2.60. The minimum atomic E-state index is 1.32. The molecular weight excluding hydrogens is 769 g/mol. The van der Waals surface area contributed by atoms with Gasteiger partial charge in [0.1, 0.15) is 0 Å². The SMILES string of the molecule is CCCCCCCCCCCCCCCCCCCc1cc(C)cc(CCCCCCCCCCCCCCCCCCC)c1CCCCCCCCCCCCCCCCCCC. The van der Waals surface area contributed by atoms with Gasteiger partial charge in [-0.2, -0.15) is 0 Å². The van der Waals surface area contributed by atoms with Crippen molar-refractivity contribution in [1.29, 1.82) is 0 Å². The zero-order valence-electron chi connectivity index (χ0n) is 45.3. The molecule has 0 spiro atoms. The zero-order valence-corrected chi connectivity index (χ0v) is 45.3. The molecule has 0 fully saturated rings. The van der Waals surface area contributed by atoms with Crippen LogP contribution in [0, 0.1) is 6.92 Å². The largest absolute Gasteiger partial charge is 0.0654 e. The van der Waals surface area contributed by atoms with Gasteiger partial charge in [-0.05, 0) is 62.1 Å². The van der Waals surface area contributed by atoms with E-state index in [1.54, 1.807) is 16.7 Å². The van der Waals surface area contributed by atoms with Crippen LogP contribution in [-0.2, 0) is 19.3 Å². The Morgan fingerprint density at radius 2 is 0.359 bits per heavy atom. The molecule has 1 aromatic carbocycles. The van der Waals surface area contributed by atoms with Gasteiger partial charge in [0.25, 0.3) is 0 Å². The highest BCUT2D eigenvalue weighted by molar-refractivity contribution is 5.39. The van der Waals surface area contributed by atoms with Crippen LogP contribution in [-0.4, -0.2) is 0 Å². The van der Waals surface area contributed by atoms with Gasteiger partial charge in [0.05, 0.1) is 0 Å². The highest BCUT2D eigenvalue weighted by atomic mass is 14.2. The van der Waals surface area contributed by atoms with Crippen LogP contribution in [0.25, 0.3) is 0 Å². The normalized spacial score (nSPS) is 11.7. The molecule has 0 atom stereocenters. The van der Waals surface area contributed by atoms with Crippen LogP contribution in [0.2, 0.25) is 0 Å². The number of hydrogen-bond acceptors (Lipinski definition) is 0. The second kappa shape index (κ2) is 51.6. The number of unbranched alkanes of at least 4 members (excludes halogenated alkanes) is 48. The molecule has 64 heavy (non-hydrogen) atoms. The molecule has 0 aliphatic rings. The van der Waals surface area contributed by atoms with E-state index in [0.717, 1.165) is 0 Å². The summed E-state index contributed by atoms with van der Waals surface area (Å²) in [4.78, 5) is 0. The molecule has 0 saturated carbocycles. The minimum Gasteiger partial charge on any atom is -0.0654 e. The standard InChI is InChI=1S/C64H122/c1-5-8-11-14-17-20-23-26-29-32-35-38-41-44-47-50-53-56-62-59-61(4)60-63(57-54-51-48-45-42-39-36-33-30-27-24-21-18-15-12-9-6-2)64(62)58-55-52-49-46-43-40-37-34-31-28-25-22-19-16-13-10-7-3/h59-60H,5-58H2,1-4H3. The van der Waals surface area contributed by atoms with Gasteiger partial charge in [-0.25, -0.2) is 0 Å². The number of rotatable bonds is 54. The van der Waals surface area contributed by atoms with Crippen LogP contribution < -0.4 is 0 Å². The third-order valence-corrected chi connectivity index (χ3v) is 15.2. The summed E-state index contributed by atoms with van der Waals surface area (Å²) in [6.45, 7) is 9.35. The highest BCUT2D eigenvalue weighted by Crippen LogP contribution is 2.26. The molecule has 0 aliphatic carbocycles. The molecular formula is C64H122. The fourth-order valence-electron chi connectivity index (χ4n) is 10.8. The summed E-state index contributed by atoms with van der Waals surface area (Å²) in [6, 6.07) is 5.21. The van der Waals surface area contributed by atoms with E-state index in [4.69, 9.17) is 0 Å². The first-order chi connectivity index (χ1) is 31.7. The number of aryl methyl sites for hydroxylation is 3. The molecule has 0 aliphatic heterocycles. The Morgan fingerprint density at radius 3 is 0.547 bits per heavy atom. The summed E-state index contributed by atoms with van der Waals surface area (Å²) in [5.41, 5.74) is 6.79. The minimum absolute atomic E-state index is 1.32. The molecule has 0 bridgehead atoms. The summed E-state index contributed by atoms with van der Waals surface area (Å²) in [5, 5.41) is 0. The van der Waals surface area contributed by atoms with E-state index < -0.39 is 0 Å². The van der Waals surface area contributed by atoms with Crippen molar-refractivity contribution in [2.45, 2.75) is 374 Å². The summed E-state index contributed by atoms with van der Waals surface area (Å²) in [6.07, 6.45) is 78.3. The van der Waals surface area contributed by atoms with Crippen molar-refractivity contribution in [1.82, 2.24) is 0 Å². The molecule has 378 valence electrons. The molecule has 1 rings (SSSR count). The molecule has 0 N–H and O–H groups in total. The van der Waals surface area contributed by atoms with E-state index in [2.05, 4.69) is 39.8 Å². The van der Waals surface area contributed by atoms with Crippen molar-refractivity contribution in [3.8, 4) is 0 Å². The Bertz CT molecular complexity index is 960. The lowest BCUT2D eigenvalue weighted by molar-refractivity contribution is 0.525. The van der Waals surface area contributed by atoms with E-state index >= 15 is 0 Å². The first kappa shape index (κ1) is 61.2. The predicted octanol–water partition coefficient (Wildman–Crippen LogP) is 23.6. The Kier molecular flexibility index (Phi) is 49.4. The van der Waals surface area contributed by atoms with Crippen LogP contribution in [0.4, 0.5) is 0 Å². The maximum absolute atomic E-state index is 2.60. The zero-order chi connectivity index (χ0) is 45.9. The van der Waals surface area contributed by atoms with Gasteiger partial charge in [-0.3, -0.25) is 0 Å². The molecule has 0 amide bonds. The van der Waals surface area contributed by atoms with Gasteiger partial charge in [-0.15, -0.1) is 0 Å². The Labute approximate surface area is 407 Å². The van der Waals surface area contributed by atoms with Gasteiger partial charge in [0, 0.05) is 0 Å². The average molecular weight is 892 g/mol. The van der Waals surface area contributed by atoms with Crippen molar-refractivity contribution in [2.24, 2.45) is 0 Å². The molecule has 0 saturated heterocycles. The van der Waals surface area contributed by atoms with Crippen LogP contribution in [0.15, 0.2) is 12.1 Å². The van der Waals surface area contributed by atoms with Gasteiger partial charge < -0.3 is 0 Å². The summed E-state index contributed by atoms with van der Waals surface area (Å²) in [5.74, 6) is 0. The molecule has 1 aromatic rings. The summed E-state index contributed by atoms with van der Waals surface area (Å²) in [7, 11) is 0. The quantitative estimate of drug-likeness (QED) is 0.0572. The van der Waals surface area contributed by atoms with E-state index in [1.807, 2.05) is 0 Å². The monoisotopic (exact) mass is 891 g/mol. The molecule has 0 radical (unpaired) electrons. The summed E-state index contributed by atoms with van der Waals surface area (Å²) >= 11 is 0. The topological polar surface area (TPSA) is 0 Å². The molecule has 0 heterocycles. The van der Waals surface area contributed by atoms with Gasteiger partial charge >= 0.3 is 0 Å². The highest BCUT2D eigenvalue weighted by Gasteiger charge is 2.11. The third kappa shape index (κ3) is 42.6. The maximum Gasteiger partial charge on any atom is -0.0273 e. The van der Waals surface area contributed by atoms with Crippen LogP contribution in [0.3, 0.4) is 0 Å². The lowest BCUT2D eigenvalue weighted by atomic mass is 9.88. The smallest absolute Gasteiger partial charge is 0.0273 e. The third-order valence-electron chi connectivity index (χ3n) is 15.2. The van der Waals surface area contributed by atoms with Crippen molar-refractivity contribution in [2.75, 3.05) is 0 Å². The van der Waals surface area contributed by atoms with E-state index in [9.17, 15) is 0 Å². The second-order valence-corrected chi connectivity index (χ2v) is 21.8. The van der Waals surface area contributed by atoms with Gasteiger partial charge in [0.15, 0.2) is 0 Å². The van der Waals surface area contributed by atoms with Crippen molar-refractivity contribution >= 4 is 0 Å². The number of benzene rings is 1. The van der Waals surface area contributed by atoms with Crippen LogP contribution in [0.5, 0.6) is 0 Å². The fourth-order valence-corrected chi connectivity index (χ4v) is 10.8. The van der Waals surface area contributed by atoms with Gasteiger partial charge in [-0.1, -0.05) is 347 Å². The van der Waals surface area contributed by atoms with E-state index in [0.29, 0.717) is 0 Å². The Balaban J connectivity index is 2.35. The second-order valence-electron chi connectivity index (χ2n) is 21.8. The van der Waals surface area contributed by atoms with Crippen molar-refractivity contribution in [3.05, 3.63) is 34.4 Å². The molecule has 0 nitrogen and oxygen atoms in total. The number of hydrogen-bond donors (Lipinski definition) is 0. The van der Waals surface area contributed by atoms with Crippen LogP contribution in [0.1, 0.15) is 370 Å². The van der Waals surface area contributed by atoms with Crippen molar-refractivity contribution in [3.63, 3.8) is 0 Å². The van der Waals surface area contributed by atoms with Crippen molar-refractivity contribution < 1.29 is 0 Å². The molecule has 0 unspecified atom stereocenters.